The summed E-state index contributed by atoms with van der Waals surface area (Å²) in [6.45, 7) is 3.78. The zero-order valence-corrected chi connectivity index (χ0v) is 16.1. The number of carbonyl (C=O) groups excluding carboxylic acids is 1. The first-order chi connectivity index (χ1) is 11.4. The minimum atomic E-state index is -1.02. The Morgan fingerprint density at radius 1 is 1.29 bits per heavy atom. The van der Waals surface area contributed by atoms with E-state index >= 15 is 0 Å². The van der Waals surface area contributed by atoms with Gasteiger partial charge < -0.3 is 14.6 Å². The van der Waals surface area contributed by atoms with E-state index in [1.54, 1.807) is 19.1 Å². The molecule has 1 rings (SSSR count). The van der Waals surface area contributed by atoms with Gasteiger partial charge in [-0.25, -0.2) is 4.79 Å². The number of hydrogen-bond acceptors (Lipinski definition) is 4. The smallest absolute Gasteiger partial charge is 0.341 e. The molecule has 0 radical (unpaired) electrons. The van der Waals surface area contributed by atoms with E-state index in [4.69, 9.17) is 14.6 Å². The second kappa shape index (κ2) is 10.7. The van der Waals surface area contributed by atoms with Gasteiger partial charge in [0.25, 0.3) is 0 Å². The van der Waals surface area contributed by atoms with E-state index in [1.165, 1.54) is 0 Å². The van der Waals surface area contributed by atoms with Gasteiger partial charge in [0.05, 0.1) is 0 Å². The highest BCUT2D eigenvalue weighted by Crippen LogP contribution is 2.38. The largest absolute Gasteiger partial charge is 0.486 e. The maximum Gasteiger partial charge on any atom is 0.341 e. The molecule has 1 unspecified atom stereocenters. The van der Waals surface area contributed by atoms with Crippen molar-refractivity contribution in [3.05, 3.63) is 23.5 Å². The molecule has 136 valence electrons. The van der Waals surface area contributed by atoms with E-state index in [9.17, 15) is 9.59 Å². The number of alkyl halides is 1. The summed E-state index contributed by atoms with van der Waals surface area (Å²) in [7, 11) is 0. The maximum absolute atomic E-state index is 12.1. The van der Waals surface area contributed by atoms with Crippen molar-refractivity contribution < 1.29 is 24.2 Å². The van der Waals surface area contributed by atoms with Gasteiger partial charge in [-0.2, -0.15) is 0 Å². The number of carboxylic acids is 1. The molecule has 1 aliphatic rings. The van der Waals surface area contributed by atoms with Gasteiger partial charge in [0.1, 0.15) is 11.4 Å². The third kappa shape index (κ3) is 6.40. The van der Waals surface area contributed by atoms with Crippen LogP contribution in [0, 0.1) is 0 Å². The number of Topliss-reactive ketones (excluding diaryl/α,β-unsaturated/α-hetero) is 1. The summed E-state index contributed by atoms with van der Waals surface area (Å²) in [5, 5.41) is 9.76. The van der Waals surface area contributed by atoms with Gasteiger partial charge in [-0.15, -0.1) is 0 Å². The number of hydrogen-bond donors (Lipinski definition) is 1. The van der Waals surface area contributed by atoms with Crippen LogP contribution in [0.5, 0.6) is 0 Å². The molecule has 0 aromatic heterocycles. The summed E-state index contributed by atoms with van der Waals surface area (Å²) < 4.78 is 11.5. The van der Waals surface area contributed by atoms with Gasteiger partial charge in [0.15, 0.2) is 12.4 Å². The number of carboxylic acid groups (broad SMARTS) is 1. The number of halogens is 1. The van der Waals surface area contributed by atoms with E-state index in [2.05, 4.69) is 15.9 Å². The third-order valence-electron chi connectivity index (χ3n) is 3.96. The van der Waals surface area contributed by atoms with Crippen molar-refractivity contribution in [2.75, 3.05) is 18.5 Å². The van der Waals surface area contributed by atoms with Crippen molar-refractivity contribution in [2.45, 2.75) is 58.0 Å². The second-order valence-electron chi connectivity index (χ2n) is 5.97. The monoisotopic (exact) mass is 402 g/mol. The standard InChI is InChI=1S/C18H27BrO5/c1-3-9-18(24-11-6-4-5-10-19)12-15(23-13-17(21)22)7-8-16(18)14(2)20/h7-8H,3-6,9-13H2,1-2H3,(H,21,22). The number of ether oxygens (including phenoxy) is 2. The SMILES string of the molecule is CCCC1(OCCCCCBr)CC(OCC(=O)O)=CC=C1C(C)=O. The van der Waals surface area contributed by atoms with Crippen LogP contribution in [-0.2, 0) is 19.1 Å². The van der Waals surface area contributed by atoms with Crippen LogP contribution < -0.4 is 0 Å². The van der Waals surface area contributed by atoms with E-state index in [0.29, 0.717) is 30.8 Å². The molecule has 0 fully saturated rings. The highest BCUT2D eigenvalue weighted by molar-refractivity contribution is 9.09. The van der Waals surface area contributed by atoms with Gasteiger partial charge in [0.2, 0.25) is 0 Å². The molecule has 0 saturated heterocycles. The van der Waals surface area contributed by atoms with Crippen LogP contribution >= 0.6 is 15.9 Å². The lowest BCUT2D eigenvalue weighted by Crippen LogP contribution is -2.40. The maximum atomic E-state index is 12.1. The first-order valence-electron chi connectivity index (χ1n) is 8.42. The summed E-state index contributed by atoms with van der Waals surface area (Å²) in [4.78, 5) is 22.8. The molecule has 5 nitrogen and oxygen atoms in total. The average Bonchev–Trinajstić information content (AvgIpc) is 2.53. The molecule has 0 aliphatic heterocycles. The Hall–Kier alpha value is -1.14. The fraction of sp³-hybridized carbons (Fsp3) is 0.667. The molecule has 0 saturated carbocycles. The quantitative estimate of drug-likeness (QED) is 0.394. The predicted molar refractivity (Wildman–Crippen MR) is 96.3 cm³/mol. The summed E-state index contributed by atoms with van der Waals surface area (Å²) in [6.07, 6.45) is 8.44. The Morgan fingerprint density at radius 2 is 2.04 bits per heavy atom. The highest BCUT2D eigenvalue weighted by atomic mass is 79.9. The summed E-state index contributed by atoms with van der Waals surface area (Å²) in [5.74, 6) is -0.484. The first-order valence-corrected chi connectivity index (χ1v) is 9.54. The van der Waals surface area contributed by atoms with E-state index in [-0.39, 0.29) is 12.4 Å². The molecular formula is C18H27BrO5. The molecule has 0 aromatic carbocycles. The Labute approximate surface area is 152 Å². The minimum Gasteiger partial charge on any atom is -0.486 e. The number of carbonyl (C=O) groups is 2. The van der Waals surface area contributed by atoms with Crippen LogP contribution in [0.15, 0.2) is 23.5 Å². The van der Waals surface area contributed by atoms with E-state index in [1.807, 2.05) is 6.92 Å². The van der Waals surface area contributed by atoms with Gasteiger partial charge in [-0.05, 0) is 38.3 Å². The van der Waals surface area contributed by atoms with Crippen LogP contribution in [0.25, 0.3) is 0 Å². The zero-order chi connectivity index (χ0) is 18.0. The molecule has 1 aliphatic carbocycles. The van der Waals surface area contributed by atoms with E-state index in [0.717, 1.165) is 31.0 Å². The second-order valence-corrected chi connectivity index (χ2v) is 6.76. The average molecular weight is 403 g/mol. The van der Waals surface area contributed by atoms with Crippen LogP contribution in [0.1, 0.15) is 52.4 Å². The predicted octanol–water partition coefficient (Wildman–Crippen LogP) is 4.01. The number of rotatable bonds is 12. The number of ketones is 1. The third-order valence-corrected chi connectivity index (χ3v) is 4.52. The van der Waals surface area contributed by atoms with Crippen molar-refractivity contribution in [3.63, 3.8) is 0 Å². The van der Waals surface area contributed by atoms with Crippen LogP contribution in [0.4, 0.5) is 0 Å². The summed E-state index contributed by atoms with van der Waals surface area (Å²) >= 11 is 3.41. The highest BCUT2D eigenvalue weighted by Gasteiger charge is 2.40. The normalized spacial score (nSPS) is 20.3. The van der Waals surface area contributed by atoms with Crippen LogP contribution in [0.2, 0.25) is 0 Å². The van der Waals surface area contributed by atoms with Gasteiger partial charge in [-0.1, -0.05) is 35.7 Å². The summed E-state index contributed by atoms with van der Waals surface area (Å²) in [6, 6.07) is 0. The molecule has 6 heteroatoms. The Bertz CT molecular complexity index is 498. The molecule has 1 atom stereocenters. The molecule has 0 spiro atoms. The first kappa shape index (κ1) is 20.9. The van der Waals surface area contributed by atoms with Crippen molar-refractivity contribution in [2.24, 2.45) is 0 Å². The van der Waals surface area contributed by atoms with Crippen molar-refractivity contribution in [3.8, 4) is 0 Å². The number of aliphatic carboxylic acids is 1. The molecule has 0 amide bonds. The van der Waals surface area contributed by atoms with Crippen LogP contribution in [-0.4, -0.2) is 41.0 Å². The molecule has 0 heterocycles. The molecule has 24 heavy (non-hydrogen) atoms. The minimum absolute atomic E-state index is 0.0163. The lowest BCUT2D eigenvalue weighted by atomic mass is 9.80. The Morgan fingerprint density at radius 3 is 2.62 bits per heavy atom. The van der Waals surface area contributed by atoms with Gasteiger partial charge in [-0.3, -0.25) is 4.79 Å². The fourth-order valence-corrected chi connectivity index (χ4v) is 3.32. The van der Waals surface area contributed by atoms with Gasteiger partial charge >= 0.3 is 5.97 Å². The van der Waals surface area contributed by atoms with Crippen molar-refractivity contribution in [1.29, 1.82) is 0 Å². The topological polar surface area (TPSA) is 72.8 Å². The number of unbranched alkanes of at least 4 members (excludes halogenated alkanes) is 2. The Kier molecular flexibility index (Phi) is 9.29. The zero-order valence-electron chi connectivity index (χ0n) is 14.5. The molecular weight excluding hydrogens is 376 g/mol. The lowest BCUT2D eigenvalue weighted by Gasteiger charge is -2.37. The van der Waals surface area contributed by atoms with Crippen LogP contribution in [0.3, 0.4) is 0 Å². The number of allylic oxidation sites excluding steroid dienone is 2. The van der Waals surface area contributed by atoms with Crippen molar-refractivity contribution in [1.82, 2.24) is 0 Å². The lowest BCUT2D eigenvalue weighted by molar-refractivity contribution is -0.141. The molecule has 1 N–H and O–H groups in total. The summed E-state index contributed by atoms with van der Waals surface area (Å²) in [5.41, 5.74) is -0.0649. The molecule has 0 bridgehead atoms. The Balaban J connectivity index is 2.87. The van der Waals surface area contributed by atoms with Crippen molar-refractivity contribution >= 4 is 27.7 Å². The fourth-order valence-electron chi connectivity index (χ4n) is 2.92. The van der Waals surface area contributed by atoms with E-state index < -0.39 is 11.6 Å². The van der Waals surface area contributed by atoms with Gasteiger partial charge in [0, 0.05) is 23.9 Å². The molecule has 0 aromatic rings.